The molecule has 1 saturated heterocycles. The Bertz CT molecular complexity index is 946. The molecule has 1 N–H and O–H groups in total. The van der Waals surface area contributed by atoms with Gasteiger partial charge in [0, 0.05) is 49.3 Å². The second kappa shape index (κ2) is 7.89. The Kier molecular flexibility index (Phi) is 5.15. The van der Waals surface area contributed by atoms with E-state index in [0.29, 0.717) is 0 Å². The topological polar surface area (TPSA) is 44.3 Å². The molecule has 0 radical (unpaired) electrons. The maximum absolute atomic E-state index is 4.81. The van der Waals surface area contributed by atoms with Gasteiger partial charge < -0.3 is 15.1 Å². The lowest BCUT2D eigenvalue weighted by atomic mass is 10.1. The molecule has 2 aromatic carbocycles. The lowest BCUT2D eigenvalue weighted by molar-refractivity contribution is 0.639. The summed E-state index contributed by atoms with van der Waals surface area (Å²) < 4.78 is 0. The van der Waals surface area contributed by atoms with Crippen molar-refractivity contribution in [1.82, 2.24) is 9.97 Å². The van der Waals surface area contributed by atoms with Crippen molar-refractivity contribution in [3.05, 3.63) is 71.4 Å². The molecule has 0 spiro atoms. The lowest BCUT2D eigenvalue weighted by Crippen LogP contribution is -2.47. The molecule has 0 bridgehead atoms. The van der Waals surface area contributed by atoms with Crippen LogP contribution in [0.3, 0.4) is 0 Å². The van der Waals surface area contributed by atoms with E-state index < -0.39 is 0 Å². The van der Waals surface area contributed by atoms with Gasteiger partial charge in [0.2, 0.25) is 5.95 Å². The highest BCUT2D eigenvalue weighted by Gasteiger charge is 2.20. The average molecular weight is 374 g/mol. The van der Waals surface area contributed by atoms with Gasteiger partial charge in [-0.25, -0.2) is 4.98 Å². The largest absolute Gasteiger partial charge is 0.368 e. The number of aromatic nitrogens is 2. The van der Waals surface area contributed by atoms with Gasteiger partial charge in [0.05, 0.1) is 0 Å². The zero-order chi connectivity index (χ0) is 19.5. The van der Waals surface area contributed by atoms with Gasteiger partial charge >= 0.3 is 0 Å². The van der Waals surface area contributed by atoms with E-state index in [4.69, 9.17) is 9.97 Å². The molecule has 1 aliphatic rings. The Morgan fingerprint density at radius 2 is 1.50 bits per heavy atom. The minimum Gasteiger partial charge on any atom is -0.368 e. The fourth-order valence-electron chi connectivity index (χ4n) is 3.59. The molecule has 1 aromatic heterocycles. The predicted octanol–water partition coefficient (Wildman–Crippen LogP) is 4.47. The van der Waals surface area contributed by atoms with E-state index in [-0.39, 0.29) is 0 Å². The van der Waals surface area contributed by atoms with Crippen molar-refractivity contribution in [3.63, 3.8) is 0 Å². The van der Waals surface area contributed by atoms with Crippen LogP contribution in [0.2, 0.25) is 0 Å². The number of para-hydroxylation sites is 1. The standard InChI is InChI=1S/C23H27N5/c1-17-8-7-11-21(19(17)3)25-22-16-18(2)24-23(26-22)28-14-12-27(13-15-28)20-9-5-4-6-10-20/h4-11,16H,12-15H2,1-3H3,(H,24,25,26). The summed E-state index contributed by atoms with van der Waals surface area (Å²) in [6.07, 6.45) is 0. The van der Waals surface area contributed by atoms with Crippen LogP contribution in [0, 0.1) is 20.8 Å². The van der Waals surface area contributed by atoms with Gasteiger partial charge in [-0.15, -0.1) is 0 Å². The fourth-order valence-corrected chi connectivity index (χ4v) is 3.59. The quantitative estimate of drug-likeness (QED) is 0.731. The molecule has 0 aliphatic carbocycles. The average Bonchev–Trinajstić information content (AvgIpc) is 2.72. The monoisotopic (exact) mass is 373 g/mol. The van der Waals surface area contributed by atoms with Gasteiger partial charge in [0.1, 0.15) is 5.82 Å². The van der Waals surface area contributed by atoms with Crippen molar-refractivity contribution in [3.8, 4) is 0 Å². The molecule has 2 heterocycles. The summed E-state index contributed by atoms with van der Waals surface area (Å²) in [6, 6.07) is 18.9. The Balaban J connectivity index is 1.49. The fraction of sp³-hybridized carbons (Fsp3) is 0.304. The number of hydrogen-bond donors (Lipinski definition) is 1. The summed E-state index contributed by atoms with van der Waals surface area (Å²) in [4.78, 5) is 14.2. The third-order valence-electron chi connectivity index (χ3n) is 5.39. The van der Waals surface area contributed by atoms with Gasteiger partial charge in [0.25, 0.3) is 0 Å². The highest BCUT2D eigenvalue weighted by Crippen LogP contribution is 2.24. The van der Waals surface area contributed by atoms with Crippen LogP contribution in [-0.2, 0) is 0 Å². The van der Waals surface area contributed by atoms with Crippen molar-refractivity contribution in [2.24, 2.45) is 0 Å². The van der Waals surface area contributed by atoms with Crippen molar-refractivity contribution < 1.29 is 0 Å². The van der Waals surface area contributed by atoms with Gasteiger partial charge in [-0.05, 0) is 50.1 Å². The van der Waals surface area contributed by atoms with Crippen LogP contribution in [0.15, 0.2) is 54.6 Å². The van der Waals surface area contributed by atoms with Gasteiger partial charge in [-0.2, -0.15) is 4.98 Å². The highest BCUT2D eigenvalue weighted by atomic mass is 15.3. The number of hydrogen-bond acceptors (Lipinski definition) is 5. The van der Waals surface area contributed by atoms with Crippen molar-refractivity contribution in [1.29, 1.82) is 0 Å². The second-order valence-corrected chi connectivity index (χ2v) is 7.38. The van der Waals surface area contributed by atoms with Crippen LogP contribution >= 0.6 is 0 Å². The molecule has 28 heavy (non-hydrogen) atoms. The number of anilines is 4. The van der Waals surface area contributed by atoms with E-state index in [9.17, 15) is 0 Å². The maximum atomic E-state index is 4.81. The Morgan fingerprint density at radius 1 is 0.786 bits per heavy atom. The molecule has 1 aliphatic heterocycles. The van der Waals surface area contributed by atoms with E-state index in [1.807, 2.05) is 13.0 Å². The molecule has 5 nitrogen and oxygen atoms in total. The molecule has 3 aromatic rings. The number of aryl methyl sites for hydroxylation is 2. The van der Waals surface area contributed by atoms with E-state index in [2.05, 4.69) is 77.5 Å². The molecule has 0 unspecified atom stereocenters. The minimum atomic E-state index is 0.806. The first-order valence-corrected chi connectivity index (χ1v) is 9.84. The van der Waals surface area contributed by atoms with E-state index >= 15 is 0 Å². The first kappa shape index (κ1) is 18.3. The summed E-state index contributed by atoms with van der Waals surface area (Å²) in [6.45, 7) is 10.1. The smallest absolute Gasteiger partial charge is 0.227 e. The van der Waals surface area contributed by atoms with Crippen LogP contribution in [0.5, 0.6) is 0 Å². The Morgan fingerprint density at radius 3 is 2.25 bits per heavy atom. The summed E-state index contributed by atoms with van der Waals surface area (Å²) in [5, 5.41) is 3.48. The predicted molar refractivity (Wildman–Crippen MR) is 117 cm³/mol. The molecular weight excluding hydrogens is 346 g/mol. The summed E-state index contributed by atoms with van der Waals surface area (Å²) in [5.74, 6) is 1.65. The van der Waals surface area contributed by atoms with Gasteiger partial charge in [0.15, 0.2) is 0 Å². The first-order chi connectivity index (χ1) is 13.6. The molecule has 0 atom stereocenters. The van der Waals surface area contributed by atoms with E-state index in [0.717, 1.165) is 49.3 Å². The van der Waals surface area contributed by atoms with E-state index in [1.165, 1.54) is 16.8 Å². The molecule has 5 heteroatoms. The Labute approximate surface area is 167 Å². The summed E-state index contributed by atoms with van der Waals surface area (Å²) >= 11 is 0. The molecule has 1 fully saturated rings. The second-order valence-electron chi connectivity index (χ2n) is 7.38. The number of benzene rings is 2. The van der Waals surface area contributed by atoms with Crippen molar-refractivity contribution in [2.75, 3.05) is 41.3 Å². The zero-order valence-corrected chi connectivity index (χ0v) is 16.8. The molecular formula is C23H27N5. The normalized spacial score (nSPS) is 14.2. The minimum absolute atomic E-state index is 0.806. The molecule has 144 valence electrons. The molecule has 0 saturated carbocycles. The van der Waals surface area contributed by atoms with E-state index in [1.54, 1.807) is 0 Å². The third kappa shape index (κ3) is 3.93. The Hall–Kier alpha value is -3.08. The van der Waals surface area contributed by atoms with Crippen molar-refractivity contribution in [2.45, 2.75) is 20.8 Å². The van der Waals surface area contributed by atoms with Crippen LogP contribution < -0.4 is 15.1 Å². The highest BCUT2D eigenvalue weighted by molar-refractivity contribution is 5.63. The molecule has 4 rings (SSSR count). The number of nitrogens with zero attached hydrogens (tertiary/aromatic N) is 4. The zero-order valence-electron chi connectivity index (χ0n) is 16.8. The molecule has 0 amide bonds. The van der Waals surface area contributed by atoms with Gasteiger partial charge in [-0.1, -0.05) is 30.3 Å². The first-order valence-electron chi connectivity index (χ1n) is 9.84. The maximum Gasteiger partial charge on any atom is 0.227 e. The van der Waals surface area contributed by atoms with Crippen LogP contribution in [-0.4, -0.2) is 36.1 Å². The third-order valence-corrected chi connectivity index (χ3v) is 5.39. The number of piperazine rings is 1. The van der Waals surface area contributed by atoms with Crippen LogP contribution in [0.25, 0.3) is 0 Å². The number of rotatable bonds is 4. The van der Waals surface area contributed by atoms with Crippen molar-refractivity contribution >= 4 is 23.1 Å². The van der Waals surface area contributed by atoms with Crippen LogP contribution in [0.1, 0.15) is 16.8 Å². The summed E-state index contributed by atoms with van der Waals surface area (Å²) in [7, 11) is 0. The lowest BCUT2D eigenvalue weighted by Gasteiger charge is -2.36. The van der Waals surface area contributed by atoms with Crippen LogP contribution in [0.4, 0.5) is 23.1 Å². The number of nitrogens with one attached hydrogen (secondary N) is 1. The SMILES string of the molecule is Cc1cc(Nc2cccc(C)c2C)nc(N2CCN(c3ccccc3)CC2)n1. The summed E-state index contributed by atoms with van der Waals surface area (Å²) in [5.41, 5.74) is 5.87. The van der Waals surface area contributed by atoms with Gasteiger partial charge in [-0.3, -0.25) is 0 Å².